The van der Waals surface area contributed by atoms with E-state index in [9.17, 15) is 0 Å². The van der Waals surface area contributed by atoms with Crippen molar-refractivity contribution in [2.24, 2.45) is 7.05 Å². The van der Waals surface area contributed by atoms with Gasteiger partial charge in [0.2, 0.25) is 0 Å². The Morgan fingerprint density at radius 2 is 1.95 bits per heavy atom. The normalized spacial score (nSPS) is 11.0. The van der Waals surface area contributed by atoms with Gasteiger partial charge in [-0.15, -0.1) is 0 Å². The molecule has 102 valence electrons. The van der Waals surface area contributed by atoms with Crippen LogP contribution >= 0.6 is 15.9 Å². The summed E-state index contributed by atoms with van der Waals surface area (Å²) in [4.78, 5) is 9.14. The van der Waals surface area contributed by atoms with Crippen LogP contribution in [0, 0.1) is 6.92 Å². The maximum Gasteiger partial charge on any atom is 0.145 e. The van der Waals surface area contributed by atoms with E-state index in [1.165, 1.54) is 0 Å². The van der Waals surface area contributed by atoms with Crippen molar-refractivity contribution in [3.05, 3.63) is 40.8 Å². The predicted molar refractivity (Wildman–Crippen MR) is 82.9 cm³/mol. The number of aromatic nitrogens is 3. The minimum Gasteiger partial charge on any atom is -0.496 e. The minimum atomic E-state index is 0.743. The van der Waals surface area contributed by atoms with Gasteiger partial charge in [-0.05, 0) is 35.0 Å². The van der Waals surface area contributed by atoms with Crippen LogP contribution in [0.25, 0.3) is 22.3 Å². The lowest BCUT2D eigenvalue weighted by Crippen LogP contribution is -1.97. The zero-order valence-electron chi connectivity index (χ0n) is 11.5. The zero-order valence-corrected chi connectivity index (χ0v) is 13.1. The van der Waals surface area contributed by atoms with Gasteiger partial charge in [0, 0.05) is 23.3 Å². The van der Waals surface area contributed by atoms with Crippen molar-refractivity contribution >= 4 is 27.0 Å². The van der Waals surface area contributed by atoms with E-state index in [0.717, 1.165) is 38.3 Å². The molecular weight excluding hydrogens is 318 g/mol. The molecule has 0 atom stereocenters. The number of hydrogen-bond acceptors (Lipinski definition) is 3. The molecule has 5 heteroatoms. The molecule has 0 saturated heterocycles. The van der Waals surface area contributed by atoms with Crippen LogP contribution in [0.2, 0.25) is 0 Å². The molecule has 2 aromatic heterocycles. The molecule has 0 radical (unpaired) electrons. The van der Waals surface area contributed by atoms with E-state index in [2.05, 4.69) is 25.9 Å². The van der Waals surface area contributed by atoms with Gasteiger partial charge in [-0.2, -0.15) is 0 Å². The van der Waals surface area contributed by atoms with Crippen molar-refractivity contribution in [1.82, 2.24) is 14.5 Å². The van der Waals surface area contributed by atoms with E-state index in [4.69, 9.17) is 4.74 Å². The molecule has 0 fully saturated rings. The fourth-order valence-corrected chi connectivity index (χ4v) is 3.04. The molecule has 2 heterocycles. The third-order valence-corrected chi connectivity index (χ3v) is 3.84. The first-order valence-electron chi connectivity index (χ1n) is 6.24. The molecule has 0 N–H and O–H groups in total. The number of methoxy groups -OCH3 is 1. The molecular formula is C15H14BrN3O. The van der Waals surface area contributed by atoms with Gasteiger partial charge in [0.1, 0.15) is 17.2 Å². The standard InChI is InChI=1S/C15H14BrN3O/c1-9-17-14(10-6-4-5-7-12(10)20-3)13-11(16)8-19(2)15(13)18-9/h4-8H,1-3H3. The van der Waals surface area contributed by atoms with Crippen molar-refractivity contribution in [3.8, 4) is 17.0 Å². The lowest BCUT2D eigenvalue weighted by Gasteiger charge is -2.10. The summed E-state index contributed by atoms with van der Waals surface area (Å²) >= 11 is 3.60. The van der Waals surface area contributed by atoms with Crippen molar-refractivity contribution in [2.45, 2.75) is 6.92 Å². The first kappa shape index (κ1) is 13.1. The largest absolute Gasteiger partial charge is 0.496 e. The van der Waals surface area contributed by atoms with Crippen LogP contribution in [-0.4, -0.2) is 21.6 Å². The van der Waals surface area contributed by atoms with Crippen molar-refractivity contribution in [1.29, 1.82) is 0 Å². The fourth-order valence-electron chi connectivity index (χ4n) is 2.36. The van der Waals surface area contributed by atoms with Gasteiger partial charge >= 0.3 is 0 Å². The monoisotopic (exact) mass is 331 g/mol. The summed E-state index contributed by atoms with van der Waals surface area (Å²) in [7, 11) is 3.65. The highest BCUT2D eigenvalue weighted by atomic mass is 79.9. The number of benzene rings is 1. The highest BCUT2D eigenvalue weighted by Crippen LogP contribution is 2.36. The Hall–Kier alpha value is -1.88. The quantitative estimate of drug-likeness (QED) is 0.718. The van der Waals surface area contributed by atoms with Gasteiger partial charge in [0.25, 0.3) is 0 Å². The van der Waals surface area contributed by atoms with E-state index < -0.39 is 0 Å². The highest BCUT2D eigenvalue weighted by Gasteiger charge is 2.17. The van der Waals surface area contributed by atoms with Gasteiger partial charge in [-0.1, -0.05) is 12.1 Å². The van der Waals surface area contributed by atoms with Crippen LogP contribution in [0.3, 0.4) is 0 Å². The van der Waals surface area contributed by atoms with Gasteiger partial charge in [0.05, 0.1) is 18.2 Å². The van der Waals surface area contributed by atoms with E-state index >= 15 is 0 Å². The molecule has 0 amide bonds. The summed E-state index contributed by atoms with van der Waals surface area (Å²) < 4.78 is 8.43. The van der Waals surface area contributed by atoms with Crippen molar-refractivity contribution < 1.29 is 4.74 Å². The molecule has 1 aromatic carbocycles. The summed E-state index contributed by atoms with van der Waals surface area (Å²) in [6, 6.07) is 7.89. The highest BCUT2D eigenvalue weighted by molar-refractivity contribution is 9.10. The molecule has 0 spiro atoms. The average Bonchev–Trinajstić information content (AvgIpc) is 2.73. The third kappa shape index (κ3) is 1.98. The second-order valence-corrected chi connectivity index (χ2v) is 5.46. The number of para-hydroxylation sites is 1. The SMILES string of the molecule is COc1ccccc1-c1nc(C)nc2c1c(Br)cn2C. The lowest BCUT2D eigenvalue weighted by atomic mass is 10.1. The van der Waals surface area contributed by atoms with E-state index in [0.29, 0.717) is 0 Å². The molecule has 3 rings (SSSR count). The van der Waals surface area contributed by atoms with Gasteiger partial charge in [-0.25, -0.2) is 9.97 Å². The second kappa shape index (κ2) is 4.90. The maximum absolute atomic E-state index is 5.45. The summed E-state index contributed by atoms with van der Waals surface area (Å²) in [5.41, 5.74) is 2.76. The molecule has 0 bridgehead atoms. The second-order valence-electron chi connectivity index (χ2n) is 4.61. The molecule has 0 unspecified atom stereocenters. The molecule has 0 aliphatic rings. The van der Waals surface area contributed by atoms with Gasteiger partial charge in [0.15, 0.2) is 0 Å². The number of halogens is 1. The molecule has 0 aliphatic carbocycles. The Labute approximate surface area is 125 Å². The molecule has 0 aliphatic heterocycles. The van der Waals surface area contributed by atoms with Crippen LogP contribution < -0.4 is 4.74 Å². The zero-order chi connectivity index (χ0) is 14.3. The third-order valence-electron chi connectivity index (χ3n) is 3.24. The Morgan fingerprint density at radius 3 is 2.70 bits per heavy atom. The maximum atomic E-state index is 5.45. The summed E-state index contributed by atoms with van der Waals surface area (Å²) in [5.74, 6) is 1.55. The topological polar surface area (TPSA) is 39.9 Å². The van der Waals surface area contributed by atoms with Gasteiger partial charge in [-0.3, -0.25) is 0 Å². The van der Waals surface area contributed by atoms with Crippen LogP contribution in [-0.2, 0) is 7.05 Å². The average molecular weight is 332 g/mol. The van der Waals surface area contributed by atoms with E-state index in [1.807, 2.05) is 49.0 Å². The number of ether oxygens (including phenoxy) is 1. The van der Waals surface area contributed by atoms with Crippen LogP contribution in [0.15, 0.2) is 34.9 Å². The Kier molecular flexibility index (Phi) is 3.22. The van der Waals surface area contributed by atoms with E-state index in [1.54, 1.807) is 7.11 Å². The molecule has 0 saturated carbocycles. The fraction of sp³-hybridized carbons (Fsp3) is 0.200. The van der Waals surface area contributed by atoms with Crippen molar-refractivity contribution in [3.63, 3.8) is 0 Å². The van der Waals surface area contributed by atoms with E-state index in [-0.39, 0.29) is 0 Å². The molecule has 3 aromatic rings. The Morgan fingerprint density at radius 1 is 1.20 bits per heavy atom. The molecule has 20 heavy (non-hydrogen) atoms. The minimum absolute atomic E-state index is 0.743. The summed E-state index contributed by atoms with van der Waals surface area (Å²) in [6.07, 6.45) is 2.00. The van der Waals surface area contributed by atoms with Crippen LogP contribution in [0.5, 0.6) is 5.75 Å². The van der Waals surface area contributed by atoms with Crippen LogP contribution in [0.1, 0.15) is 5.82 Å². The first-order chi connectivity index (χ1) is 9.61. The molecule has 4 nitrogen and oxygen atoms in total. The van der Waals surface area contributed by atoms with Crippen LogP contribution in [0.4, 0.5) is 0 Å². The Bertz CT molecular complexity index is 795. The van der Waals surface area contributed by atoms with Crippen molar-refractivity contribution in [2.75, 3.05) is 7.11 Å². The predicted octanol–water partition coefficient (Wildman–Crippen LogP) is 3.71. The number of fused-ring (bicyclic) bond motifs is 1. The Balaban J connectivity index is 2.41. The lowest BCUT2D eigenvalue weighted by molar-refractivity contribution is 0.416. The number of aryl methyl sites for hydroxylation is 2. The number of nitrogens with zero attached hydrogens (tertiary/aromatic N) is 3. The van der Waals surface area contributed by atoms with Gasteiger partial charge < -0.3 is 9.30 Å². The summed E-state index contributed by atoms with van der Waals surface area (Å²) in [6.45, 7) is 1.90. The first-order valence-corrected chi connectivity index (χ1v) is 7.03. The smallest absolute Gasteiger partial charge is 0.145 e. The number of hydrogen-bond donors (Lipinski definition) is 0. The summed E-state index contributed by atoms with van der Waals surface area (Å²) in [5, 5.41) is 1.00. The number of rotatable bonds is 2.